The lowest BCUT2D eigenvalue weighted by molar-refractivity contribution is 0.552. The van der Waals surface area contributed by atoms with Crippen LogP contribution in [-0.4, -0.2) is 15.1 Å². The van der Waals surface area contributed by atoms with E-state index in [4.69, 9.17) is 0 Å². The Labute approximate surface area is 81.1 Å². The summed E-state index contributed by atoms with van der Waals surface area (Å²) in [6, 6.07) is 0. The fraction of sp³-hybridized carbons (Fsp3) is 0.667. The topological polar surface area (TPSA) is 17.8 Å². The molecule has 0 radical (unpaired) electrons. The summed E-state index contributed by atoms with van der Waals surface area (Å²) in [5.74, 6) is 0.682. The molecule has 1 unspecified atom stereocenters. The van der Waals surface area contributed by atoms with E-state index in [9.17, 15) is 0 Å². The minimum Gasteiger partial charge on any atom is -0.272 e. The highest BCUT2D eigenvalue weighted by Crippen LogP contribution is 2.31. The summed E-state index contributed by atoms with van der Waals surface area (Å²) in [6.45, 7) is 0. The Morgan fingerprint density at radius 1 is 1.75 bits per heavy atom. The molecule has 0 amide bonds. The fourth-order valence-corrected chi connectivity index (χ4v) is 2.67. The number of aryl methyl sites for hydroxylation is 2. The van der Waals surface area contributed by atoms with Gasteiger partial charge in [0.1, 0.15) is 0 Å². The zero-order valence-corrected chi connectivity index (χ0v) is 8.84. The average Bonchev–Trinajstić information content (AvgIpc) is 2.48. The third-order valence-corrected chi connectivity index (χ3v) is 3.42. The highest BCUT2D eigenvalue weighted by molar-refractivity contribution is 9.09. The van der Waals surface area contributed by atoms with Crippen molar-refractivity contribution in [2.75, 3.05) is 5.33 Å². The molecule has 66 valence electrons. The Kier molecular flexibility index (Phi) is 2.22. The quantitative estimate of drug-likeness (QED) is 0.675. The van der Waals surface area contributed by atoms with Crippen LogP contribution in [0, 0.1) is 0 Å². The van der Waals surface area contributed by atoms with Crippen LogP contribution >= 0.6 is 15.9 Å². The first-order valence-corrected chi connectivity index (χ1v) is 5.52. The molecule has 0 saturated heterocycles. The Morgan fingerprint density at radius 3 is 3.33 bits per heavy atom. The van der Waals surface area contributed by atoms with E-state index in [0.29, 0.717) is 5.92 Å². The molecule has 1 aliphatic rings. The Bertz CT molecular complexity index is 280. The van der Waals surface area contributed by atoms with Gasteiger partial charge in [0.05, 0.1) is 6.20 Å². The van der Waals surface area contributed by atoms with Crippen LogP contribution in [0.1, 0.15) is 30.0 Å². The maximum absolute atomic E-state index is 4.29. The Balaban J connectivity index is 2.41. The highest BCUT2D eigenvalue weighted by atomic mass is 79.9. The Morgan fingerprint density at radius 2 is 2.58 bits per heavy atom. The number of nitrogens with zero attached hydrogens (tertiary/aromatic N) is 2. The SMILES string of the molecule is Cn1ncc2c1C(CBr)CCC2. The second-order valence-electron chi connectivity index (χ2n) is 3.42. The fourth-order valence-electron chi connectivity index (χ4n) is 2.04. The maximum Gasteiger partial charge on any atom is 0.0524 e. The number of hydrogen-bond donors (Lipinski definition) is 0. The van der Waals surface area contributed by atoms with Crippen molar-refractivity contribution in [1.82, 2.24) is 9.78 Å². The molecule has 0 fully saturated rings. The molecule has 1 aromatic heterocycles. The van der Waals surface area contributed by atoms with Crippen molar-refractivity contribution >= 4 is 15.9 Å². The van der Waals surface area contributed by atoms with Crippen LogP contribution in [0.2, 0.25) is 0 Å². The van der Waals surface area contributed by atoms with Gasteiger partial charge < -0.3 is 0 Å². The van der Waals surface area contributed by atoms with E-state index < -0.39 is 0 Å². The van der Waals surface area contributed by atoms with Gasteiger partial charge in [0.25, 0.3) is 0 Å². The standard InChI is InChI=1S/C9H13BrN2/c1-12-9-7(5-10)3-2-4-8(9)6-11-12/h6-7H,2-5H2,1H3. The van der Waals surface area contributed by atoms with Gasteiger partial charge in [-0.1, -0.05) is 15.9 Å². The molecule has 0 spiro atoms. The van der Waals surface area contributed by atoms with Crippen LogP contribution < -0.4 is 0 Å². The second kappa shape index (κ2) is 3.21. The monoisotopic (exact) mass is 228 g/mol. The predicted octanol–water partition coefficient (Wildman–Crippen LogP) is 2.23. The van der Waals surface area contributed by atoms with Gasteiger partial charge in [-0.25, -0.2) is 0 Å². The van der Waals surface area contributed by atoms with E-state index in [2.05, 4.69) is 21.0 Å². The molecule has 1 atom stereocenters. The lowest BCUT2D eigenvalue weighted by Gasteiger charge is -2.21. The molecule has 1 aromatic rings. The molecule has 0 N–H and O–H groups in total. The van der Waals surface area contributed by atoms with Gasteiger partial charge in [0, 0.05) is 24.0 Å². The van der Waals surface area contributed by atoms with Crippen molar-refractivity contribution in [1.29, 1.82) is 0 Å². The number of rotatable bonds is 1. The van der Waals surface area contributed by atoms with Crippen LogP contribution in [-0.2, 0) is 13.5 Å². The van der Waals surface area contributed by atoms with E-state index in [1.54, 1.807) is 0 Å². The number of halogens is 1. The Hall–Kier alpha value is -0.310. The van der Waals surface area contributed by atoms with Gasteiger partial charge in [-0.05, 0) is 24.8 Å². The smallest absolute Gasteiger partial charge is 0.0524 e. The minimum absolute atomic E-state index is 0.682. The molecule has 0 saturated carbocycles. The average molecular weight is 229 g/mol. The summed E-state index contributed by atoms with van der Waals surface area (Å²) in [5, 5.41) is 5.36. The van der Waals surface area contributed by atoms with E-state index in [-0.39, 0.29) is 0 Å². The van der Waals surface area contributed by atoms with Crippen LogP contribution in [0.4, 0.5) is 0 Å². The largest absolute Gasteiger partial charge is 0.272 e. The van der Waals surface area contributed by atoms with Crippen molar-refractivity contribution < 1.29 is 0 Å². The number of hydrogen-bond acceptors (Lipinski definition) is 1. The summed E-state index contributed by atoms with van der Waals surface area (Å²) in [6.07, 6.45) is 5.85. The van der Waals surface area contributed by atoms with Crippen LogP contribution in [0.15, 0.2) is 6.20 Å². The lowest BCUT2D eigenvalue weighted by atomic mass is 9.89. The molecule has 2 nitrogen and oxygen atoms in total. The van der Waals surface area contributed by atoms with E-state index in [0.717, 1.165) is 5.33 Å². The first-order chi connectivity index (χ1) is 5.83. The summed E-state index contributed by atoms with van der Waals surface area (Å²) in [4.78, 5) is 0. The molecule has 12 heavy (non-hydrogen) atoms. The zero-order chi connectivity index (χ0) is 8.55. The summed E-state index contributed by atoms with van der Waals surface area (Å²) in [5.41, 5.74) is 2.89. The van der Waals surface area contributed by atoms with Crippen LogP contribution in [0.3, 0.4) is 0 Å². The molecule has 0 aromatic carbocycles. The van der Waals surface area contributed by atoms with Gasteiger partial charge in [0.2, 0.25) is 0 Å². The van der Waals surface area contributed by atoms with E-state index >= 15 is 0 Å². The van der Waals surface area contributed by atoms with Crippen molar-refractivity contribution in [3.8, 4) is 0 Å². The van der Waals surface area contributed by atoms with Gasteiger partial charge in [-0.3, -0.25) is 4.68 Å². The summed E-state index contributed by atoms with van der Waals surface area (Å²) < 4.78 is 2.03. The second-order valence-corrected chi connectivity index (χ2v) is 4.07. The van der Waals surface area contributed by atoms with Gasteiger partial charge in [0.15, 0.2) is 0 Å². The summed E-state index contributed by atoms with van der Waals surface area (Å²) in [7, 11) is 2.04. The van der Waals surface area contributed by atoms with Crippen molar-refractivity contribution in [3.05, 3.63) is 17.5 Å². The maximum atomic E-state index is 4.29. The first-order valence-electron chi connectivity index (χ1n) is 4.39. The van der Waals surface area contributed by atoms with Crippen molar-refractivity contribution in [2.24, 2.45) is 7.05 Å². The molecular weight excluding hydrogens is 216 g/mol. The molecule has 1 heterocycles. The third kappa shape index (κ3) is 1.20. The third-order valence-electron chi connectivity index (χ3n) is 2.64. The molecule has 0 aliphatic heterocycles. The number of aromatic nitrogens is 2. The van der Waals surface area contributed by atoms with Crippen molar-refractivity contribution in [2.45, 2.75) is 25.2 Å². The summed E-state index contributed by atoms with van der Waals surface area (Å²) >= 11 is 3.56. The molecule has 1 aliphatic carbocycles. The van der Waals surface area contributed by atoms with Crippen LogP contribution in [0.5, 0.6) is 0 Å². The minimum atomic E-state index is 0.682. The van der Waals surface area contributed by atoms with Gasteiger partial charge in [-0.15, -0.1) is 0 Å². The van der Waals surface area contributed by atoms with E-state index in [1.807, 2.05) is 17.9 Å². The van der Waals surface area contributed by atoms with Gasteiger partial charge >= 0.3 is 0 Å². The molecule has 2 rings (SSSR count). The normalized spacial score (nSPS) is 22.3. The lowest BCUT2D eigenvalue weighted by Crippen LogP contribution is -2.13. The van der Waals surface area contributed by atoms with Crippen LogP contribution in [0.25, 0.3) is 0 Å². The number of alkyl halides is 1. The molecule has 0 bridgehead atoms. The predicted molar refractivity (Wildman–Crippen MR) is 52.7 cm³/mol. The highest BCUT2D eigenvalue weighted by Gasteiger charge is 2.22. The number of fused-ring (bicyclic) bond motifs is 1. The van der Waals surface area contributed by atoms with Crippen molar-refractivity contribution in [3.63, 3.8) is 0 Å². The zero-order valence-electron chi connectivity index (χ0n) is 7.26. The van der Waals surface area contributed by atoms with E-state index in [1.165, 1.54) is 30.5 Å². The first kappa shape index (κ1) is 8.30. The molecular formula is C9H13BrN2. The molecule has 3 heteroatoms. The van der Waals surface area contributed by atoms with Gasteiger partial charge in [-0.2, -0.15) is 5.10 Å².